The van der Waals surface area contributed by atoms with Gasteiger partial charge in [0.05, 0.1) is 12.2 Å². The van der Waals surface area contributed by atoms with E-state index in [2.05, 4.69) is 5.32 Å². The SMILES string of the molecule is CCOC(=O)c1ccc(NC(=O)COC(=O)CC)cc1. The Kier molecular flexibility index (Phi) is 6.22. The molecule has 0 heterocycles. The number of carbonyl (C=O) groups excluding carboxylic acids is 3. The molecule has 0 unspecified atom stereocenters. The maximum Gasteiger partial charge on any atom is 0.338 e. The number of amides is 1. The Balaban J connectivity index is 2.50. The number of rotatable bonds is 6. The summed E-state index contributed by atoms with van der Waals surface area (Å²) < 4.78 is 9.54. The van der Waals surface area contributed by atoms with Crippen LogP contribution in [-0.4, -0.2) is 31.1 Å². The highest BCUT2D eigenvalue weighted by molar-refractivity contribution is 5.94. The van der Waals surface area contributed by atoms with Crippen LogP contribution in [0.1, 0.15) is 30.6 Å². The average Bonchev–Trinajstić information content (AvgIpc) is 2.45. The minimum atomic E-state index is -0.435. The van der Waals surface area contributed by atoms with Crippen LogP contribution >= 0.6 is 0 Å². The molecule has 0 fully saturated rings. The smallest absolute Gasteiger partial charge is 0.338 e. The van der Waals surface area contributed by atoms with Crippen molar-refractivity contribution in [2.24, 2.45) is 0 Å². The summed E-state index contributed by atoms with van der Waals surface area (Å²) in [5.74, 6) is -1.28. The Labute approximate surface area is 117 Å². The predicted octanol–water partition coefficient (Wildman–Crippen LogP) is 1.75. The molecule has 0 bridgehead atoms. The average molecular weight is 279 g/mol. The molecule has 1 amide bonds. The van der Waals surface area contributed by atoms with Gasteiger partial charge in [-0.05, 0) is 31.2 Å². The van der Waals surface area contributed by atoms with Gasteiger partial charge in [-0.25, -0.2) is 4.79 Å². The largest absolute Gasteiger partial charge is 0.462 e. The zero-order chi connectivity index (χ0) is 15.0. The molecule has 1 rings (SSSR count). The standard InChI is InChI=1S/C14H17NO5/c1-3-13(17)20-9-12(16)15-11-7-5-10(6-8-11)14(18)19-4-2/h5-8H,3-4,9H2,1-2H3,(H,15,16). The molecular weight excluding hydrogens is 262 g/mol. The van der Waals surface area contributed by atoms with Gasteiger partial charge in [0.15, 0.2) is 6.61 Å². The van der Waals surface area contributed by atoms with Crippen LogP contribution in [0, 0.1) is 0 Å². The molecule has 0 atom stereocenters. The monoisotopic (exact) mass is 279 g/mol. The number of hydrogen-bond donors (Lipinski definition) is 1. The lowest BCUT2D eigenvalue weighted by molar-refractivity contribution is -0.146. The van der Waals surface area contributed by atoms with Crippen molar-refractivity contribution in [2.75, 3.05) is 18.5 Å². The number of carbonyl (C=O) groups is 3. The fourth-order valence-corrected chi connectivity index (χ4v) is 1.35. The van der Waals surface area contributed by atoms with Gasteiger partial charge >= 0.3 is 11.9 Å². The molecule has 0 aromatic heterocycles. The first-order valence-corrected chi connectivity index (χ1v) is 6.29. The topological polar surface area (TPSA) is 81.7 Å². The summed E-state index contributed by atoms with van der Waals surface area (Å²) in [4.78, 5) is 33.8. The first kappa shape index (κ1) is 15.7. The van der Waals surface area contributed by atoms with Gasteiger partial charge in [-0.2, -0.15) is 0 Å². The fraction of sp³-hybridized carbons (Fsp3) is 0.357. The summed E-state index contributed by atoms with van der Waals surface area (Å²) in [7, 11) is 0. The van der Waals surface area contributed by atoms with E-state index in [1.807, 2.05) is 0 Å². The summed E-state index contributed by atoms with van der Waals surface area (Å²) >= 11 is 0. The van der Waals surface area contributed by atoms with Crippen LogP contribution in [0.5, 0.6) is 0 Å². The second-order valence-corrected chi connectivity index (χ2v) is 3.86. The Hall–Kier alpha value is -2.37. The van der Waals surface area contributed by atoms with Crippen LogP contribution in [0.4, 0.5) is 5.69 Å². The highest BCUT2D eigenvalue weighted by Gasteiger charge is 2.08. The van der Waals surface area contributed by atoms with Gasteiger partial charge in [0, 0.05) is 12.1 Å². The molecular formula is C14H17NO5. The number of anilines is 1. The van der Waals surface area contributed by atoms with E-state index in [0.29, 0.717) is 17.9 Å². The Morgan fingerprint density at radius 1 is 1.05 bits per heavy atom. The summed E-state index contributed by atoms with van der Waals surface area (Å²) in [6, 6.07) is 6.24. The first-order valence-electron chi connectivity index (χ1n) is 6.29. The van der Waals surface area contributed by atoms with Crippen LogP contribution in [-0.2, 0) is 19.1 Å². The van der Waals surface area contributed by atoms with E-state index in [1.165, 1.54) is 0 Å². The van der Waals surface area contributed by atoms with Crippen LogP contribution in [0.25, 0.3) is 0 Å². The molecule has 20 heavy (non-hydrogen) atoms. The normalized spacial score (nSPS) is 9.70. The molecule has 0 saturated heterocycles. The van der Waals surface area contributed by atoms with Crippen molar-refractivity contribution in [1.82, 2.24) is 0 Å². The molecule has 6 heteroatoms. The summed E-state index contributed by atoms with van der Waals surface area (Å²) in [6.45, 7) is 3.35. The van der Waals surface area contributed by atoms with E-state index in [4.69, 9.17) is 9.47 Å². The molecule has 6 nitrogen and oxygen atoms in total. The third-order valence-electron chi connectivity index (χ3n) is 2.33. The van der Waals surface area contributed by atoms with Gasteiger partial charge in [0.1, 0.15) is 0 Å². The van der Waals surface area contributed by atoms with Gasteiger partial charge in [-0.15, -0.1) is 0 Å². The van der Waals surface area contributed by atoms with E-state index < -0.39 is 17.8 Å². The van der Waals surface area contributed by atoms with Gasteiger partial charge in [0.25, 0.3) is 5.91 Å². The molecule has 1 aromatic rings. The maximum absolute atomic E-state index is 11.5. The number of benzene rings is 1. The van der Waals surface area contributed by atoms with Crippen LogP contribution in [0.2, 0.25) is 0 Å². The van der Waals surface area contributed by atoms with Crippen molar-refractivity contribution < 1.29 is 23.9 Å². The Morgan fingerprint density at radius 3 is 2.25 bits per heavy atom. The van der Waals surface area contributed by atoms with Crippen molar-refractivity contribution in [1.29, 1.82) is 0 Å². The van der Waals surface area contributed by atoms with Crippen molar-refractivity contribution in [3.63, 3.8) is 0 Å². The van der Waals surface area contributed by atoms with E-state index in [-0.39, 0.29) is 13.0 Å². The second kappa shape index (κ2) is 7.93. The number of nitrogens with one attached hydrogen (secondary N) is 1. The summed E-state index contributed by atoms with van der Waals surface area (Å²) in [5, 5.41) is 2.55. The van der Waals surface area contributed by atoms with Gasteiger partial charge in [-0.3, -0.25) is 9.59 Å². The first-order chi connectivity index (χ1) is 9.56. The van der Waals surface area contributed by atoms with Crippen molar-refractivity contribution in [2.45, 2.75) is 20.3 Å². The predicted molar refractivity (Wildman–Crippen MR) is 72.3 cm³/mol. The molecule has 0 spiro atoms. The van der Waals surface area contributed by atoms with Crippen molar-refractivity contribution >= 4 is 23.5 Å². The molecule has 0 aliphatic carbocycles. The van der Waals surface area contributed by atoms with Crippen LogP contribution in [0.3, 0.4) is 0 Å². The van der Waals surface area contributed by atoms with E-state index in [1.54, 1.807) is 38.1 Å². The van der Waals surface area contributed by atoms with Crippen molar-refractivity contribution in [3.8, 4) is 0 Å². The third kappa shape index (κ3) is 5.09. The lowest BCUT2D eigenvalue weighted by Crippen LogP contribution is -2.20. The highest BCUT2D eigenvalue weighted by Crippen LogP contribution is 2.10. The van der Waals surface area contributed by atoms with Gasteiger partial charge in [-0.1, -0.05) is 6.92 Å². The molecule has 0 aliphatic heterocycles. The van der Waals surface area contributed by atoms with Gasteiger partial charge in [0.2, 0.25) is 0 Å². The number of esters is 2. The Morgan fingerprint density at radius 2 is 1.70 bits per heavy atom. The fourth-order valence-electron chi connectivity index (χ4n) is 1.35. The quantitative estimate of drug-likeness (QED) is 0.802. The number of hydrogen-bond acceptors (Lipinski definition) is 5. The van der Waals surface area contributed by atoms with E-state index >= 15 is 0 Å². The van der Waals surface area contributed by atoms with E-state index in [0.717, 1.165) is 0 Å². The van der Waals surface area contributed by atoms with Crippen LogP contribution in [0.15, 0.2) is 24.3 Å². The van der Waals surface area contributed by atoms with Crippen LogP contribution < -0.4 is 5.32 Å². The molecule has 0 saturated carbocycles. The summed E-state index contributed by atoms with van der Waals surface area (Å²) in [6.07, 6.45) is 0.224. The zero-order valence-corrected chi connectivity index (χ0v) is 11.5. The second-order valence-electron chi connectivity index (χ2n) is 3.86. The maximum atomic E-state index is 11.5. The molecule has 1 aromatic carbocycles. The third-order valence-corrected chi connectivity index (χ3v) is 2.33. The molecule has 0 radical (unpaired) electrons. The molecule has 0 aliphatic rings. The molecule has 1 N–H and O–H groups in total. The highest BCUT2D eigenvalue weighted by atomic mass is 16.5. The summed E-state index contributed by atoms with van der Waals surface area (Å²) in [5.41, 5.74) is 0.915. The lowest BCUT2D eigenvalue weighted by Gasteiger charge is -2.07. The lowest BCUT2D eigenvalue weighted by atomic mass is 10.2. The van der Waals surface area contributed by atoms with E-state index in [9.17, 15) is 14.4 Å². The van der Waals surface area contributed by atoms with Gasteiger partial charge < -0.3 is 14.8 Å². The Bertz CT molecular complexity index is 481. The minimum absolute atomic E-state index is 0.224. The number of ether oxygens (including phenoxy) is 2. The zero-order valence-electron chi connectivity index (χ0n) is 11.5. The minimum Gasteiger partial charge on any atom is -0.462 e. The molecule has 108 valence electrons. The van der Waals surface area contributed by atoms with Crippen molar-refractivity contribution in [3.05, 3.63) is 29.8 Å².